The van der Waals surface area contributed by atoms with E-state index >= 15 is 0 Å². The number of nitrogens with one attached hydrogen (secondary N) is 1. The summed E-state index contributed by atoms with van der Waals surface area (Å²) in [5.41, 5.74) is 0. The normalized spacial score (nSPS) is 11.7. The first kappa shape index (κ1) is 16.3. The van der Waals surface area contributed by atoms with Gasteiger partial charge in [0.15, 0.2) is 6.61 Å². The Morgan fingerprint density at radius 1 is 1.35 bits per heavy atom. The van der Waals surface area contributed by atoms with Gasteiger partial charge in [-0.3, -0.25) is 9.59 Å². The number of carbonyl (C=O) groups is 2. The van der Waals surface area contributed by atoms with Gasteiger partial charge in [0.2, 0.25) is 0 Å². The molecule has 0 radical (unpaired) electrons. The van der Waals surface area contributed by atoms with E-state index in [1.165, 1.54) is 0 Å². The van der Waals surface area contributed by atoms with Crippen LogP contribution < -0.4 is 10.1 Å². The Balaban J connectivity index is 2.14. The summed E-state index contributed by atoms with van der Waals surface area (Å²) in [4.78, 5) is 22.1. The summed E-state index contributed by atoms with van der Waals surface area (Å²) < 4.78 is 5.27. The Hall–Kier alpha value is -1.75. The van der Waals surface area contributed by atoms with Gasteiger partial charge in [-0.15, -0.1) is 0 Å². The highest BCUT2D eigenvalue weighted by Crippen LogP contribution is 2.15. The minimum Gasteiger partial charge on any atom is -0.484 e. The van der Waals surface area contributed by atoms with Crippen LogP contribution in [0.2, 0.25) is 5.02 Å². The number of amides is 1. The van der Waals surface area contributed by atoms with Crippen molar-refractivity contribution in [3.05, 3.63) is 29.3 Å². The molecule has 6 heteroatoms. The largest absolute Gasteiger partial charge is 0.484 e. The second-order valence-corrected chi connectivity index (χ2v) is 4.91. The molecule has 0 saturated heterocycles. The number of hydrogen-bond acceptors (Lipinski definition) is 3. The number of benzene rings is 1. The van der Waals surface area contributed by atoms with Crippen molar-refractivity contribution in [2.45, 2.75) is 19.8 Å². The van der Waals surface area contributed by atoms with Gasteiger partial charge in [-0.2, -0.15) is 0 Å². The van der Waals surface area contributed by atoms with Crippen molar-refractivity contribution in [1.29, 1.82) is 0 Å². The molecule has 1 rings (SSSR count). The van der Waals surface area contributed by atoms with Crippen molar-refractivity contribution in [3.8, 4) is 5.75 Å². The lowest BCUT2D eigenvalue weighted by molar-refractivity contribution is -0.141. The van der Waals surface area contributed by atoms with E-state index in [9.17, 15) is 9.59 Å². The lowest BCUT2D eigenvalue weighted by Crippen LogP contribution is -2.30. The molecular formula is C14H18ClNO4. The quantitative estimate of drug-likeness (QED) is 0.722. The lowest BCUT2D eigenvalue weighted by Gasteiger charge is -2.08. The third kappa shape index (κ3) is 6.43. The van der Waals surface area contributed by atoms with Crippen LogP contribution in [0.5, 0.6) is 5.75 Å². The lowest BCUT2D eigenvalue weighted by atomic mass is 10.1. The summed E-state index contributed by atoms with van der Waals surface area (Å²) in [5, 5.41) is 12.0. The van der Waals surface area contributed by atoms with Crippen LogP contribution in [0.4, 0.5) is 0 Å². The molecule has 0 aromatic heterocycles. The van der Waals surface area contributed by atoms with Crippen molar-refractivity contribution >= 4 is 23.5 Å². The maximum absolute atomic E-state index is 11.5. The van der Waals surface area contributed by atoms with E-state index in [4.69, 9.17) is 21.4 Å². The van der Waals surface area contributed by atoms with Crippen LogP contribution in [0.15, 0.2) is 24.3 Å². The molecule has 0 heterocycles. The van der Waals surface area contributed by atoms with Gasteiger partial charge in [-0.1, -0.05) is 18.5 Å². The van der Waals surface area contributed by atoms with Crippen molar-refractivity contribution in [2.75, 3.05) is 13.2 Å². The fourth-order valence-electron chi connectivity index (χ4n) is 1.49. The number of ether oxygens (including phenoxy) is 1. The van der Waals surface area contributed by atoms with Crippen LogP contribution in [0, 0.1) is 5.92 Å². The van der Waals surface area contributed by atoms with Gasteiger partial charge in [0, 0.05) is 11.6 Å². The molecule has 0 fully saturated rings. The molecule has 2 N–H and O–H groups in total. The molecule has 5 nitrogen and oxygen atoms in total. The highest BCUT2D eigenvalue weighted by molar-refractivity contribution is 6.30. The average Bonchev–Trinajstić information content (AvgIpc) is 2.42. The van der Waals surface area contributed by atoms with Crippen molar-refractivity contribution < 1.29 is 19.4 Å². The standard InChI is InChI=1S/C14H18ClNO4/c1-10(14(18)19)3-2-8-16-13(17)9-20-12-6-4-11(15)5-7-12/h4-7,10H,2-3,8-9H2,1H3,(H,16,17)(H,18,19). The SMILES string of the molecule is CC(CCCNC(=O)COc1ccc(Cl)cc1)C(=O)O. The summed E-state index contributed by atoms with van der Waals surface area (Å²) in [6.07, 6.45) is 1.16. The maximum atomic E-state index is 11.5. The summed E-state index contributed by atoms with van der Waals surface area (Å²) in [6, 6.07) is 6.73. The van der Waals surface area contributed by atoms with E-state index in [0.717, 1.165) is 0 Å². The van der Waals surface area contributed by atoms with E-state index in [1.54, 1.807) is 31.2 Å². The number of rotatable bonds is 8. The molecular weight excluding hydrogens is 282 g/mol. The van der Waals surface area contributed by atoms with Crippen LogP contribution >= 0.6 is 11.6 Å². The predicted molar refractivity (Wildman–Crippen MR) is 76.0 cm³/mol. The van der Waals surface area contributed by atoms with Crippen molar-refractivity contribution in [3.63, 3.8) is 0 Å². The zero-order valence-electron chi connectivity index (χ0n) is 11.3. The zero-order chi connectivity index (χ0) is 15.0. The van der Waals surface area contributed by atoms with Crippen LogP contribution in [0.3, 0.4) is 0 Å². The number of halogens is 1. The smallest absolute Gasteiger partial charge is 0.306 e. The molecule has 20 heavy (non-hydrogen) atoms. The van der Waals surface area contributed by atoms with E-state index < -0.39 is 11.9 Å². The molecule has 0 bridgehead atoms. The molecule has 0 aliphatic heterocycles. The predicted octanol–water partition coefficient (Wildman–Crippen LogP) is 2.34. The van der Waals surface area contributed by atoms with Crippen LogP contribution in [-0.2, 0) is 9.59 Å². The summed E-state index contributed by atoms with van der Waals surface area (Å²) in [7, 11) is 0. The van der Waals surface area contributed by atoms with Gasteiger partial charge in [0.25, 0.3) is 5.91 Å². The maximum Gasteiger partial charge on any atom is 0.306 e. The Morgan fingerprint density at radius 2 is 2.00 bits per heavy atom. The van der Waals surface area contributed by atoms with E-state index in [1.807, 2.05) is 0 Å². The Bertz CT molecular complexity index is 447. The molecule has 1 unspecified atom stereocenters. The molecule has 1 amide bonds. The molecule has 0 spiro atoms. The van der Waals surface area contributed by atoms with E-state index in [0.29, 0.717) is 30.2 Å². The molecule has 0 aliphatic rings. The fraction of sp³-hybridized carbons (Fsp3) is 0.429. The van der Waals surface area contributed by atoms with Gasteiger partial charge in [-0.25, -0.2) is 0 Å². The fourth-order valence-corrected chi connectivity index (χ4v) is 1.62. The summed E-state index contributed by atoms with van der Waals surface area (Å²) >= 11 is 5.73. The van der Waals surface area contributed by atoms with Gasteiger partial charge < -0.3 is 15.2 Å². The molecule has 110 valence electrons. The van der Waals surface area contributed by atoms with Gasteiger partial charge >= 0.3 is 5.97 Å². The monoisotopic (exact) mass is 299 g/mol. The molecule has 1 atom stereocenters. The van der Waals surface area contributed by atoms with Gasteiger partial charge in [0.05, 0.1) is 5.92 Å². The zero-order valence-corrected chi connectivity index (χ0v) is 12.0. The number of carboxylic acid groups (broad SMARTS) is 1. The van der Waals surface area contributed by atoms with E-state index in [2.05, 4.69) is 5.32 Å². The highest BCUT2D eigenvalue weighted by Gasteiger charge is 2.10. The third-order valence-electron chi connectivity index (χ3n) is 2.74. The minimum absolute atomic E-state index is 0.0733. The van der Waals surface area contributed by atoms with Crippen LogP contribution in [0.25, 0.3) is 0 Å². The molecule has 0 saturated carbocycles. The second-order valence-electron chi connectivity index (χ2n) is 4.47. The first-order valence-corrected chi connectivity index (χ1v) is 6.74. The number of carboxylic acids is 1. The first-order valence-electron chi connectivity index (χ1n) is 6.37. The van der Waals surface area contributed by atoms with Gasteiger partial charge in [0.1, 0.15) is 5.75 Å². The Morgan fingerprint density at radius 3 is 2.60 bits per heavy atom. The Kier molecular flexibility index (Phi) is 6.87. The Labute approximate surface area is 122 Å². The number of hydrogen-bond donors (Lipinski definition) is 2. The van der Waals surface area contributed by atoms with Gasteiger partial charge in [-0.05, 0) is 37.1 Å². The van der Waals surface area contributed by atoms with Crippen molar-refractivity contribution in [1.82, 2.24) is 5.32 Å². The third-order valence-corrected chi connectivity index (χ3v) is 2.99. The van der Waals surface area contributed by atoms with Crippen molar-refractivity contribution in [2.24, 2.45) is 5.92 Å². The van der Waals surface area contributed by atoms with Crippen LogP contribution in [0.1, 0.15) is 19.8 Å². The van der Waals surface area contributed by atoms with Crippen LogP contribution in [-0.4, -0.2) is 30.1 Å². The molecule has 1 aromatic carbocycles. The second kappa shape index (κ2) is 8.43. The molecule has 0 aliphatic carbocycles. The topological polar surface area (TPSA) is 75.6 Å². The first-order chi connectivity index (χ1) is 9.49. The van der Waals surface area contributed by atoms with E-state index in [-0.39, 0.29) is 12.5 Å². The summed E-state index contributed by atoms with van der Waals surface area (Å²) in [6.45, 7) is 2.02. The average molecular weight is 300 g/mol. The minimum atomic E-state index is -0.817. The highest BCUT2D eigenvalue weighted by atomic mass is 35.5. The number of aliphatic carboxylic acids is 1. The molecule has 1 aromatic rings. The summed E-state index contributed by atoms with van der Waals surface area (Å²) in [5.74, 6) is -0.869. The number of carbonyl (C=O) groups excluding carboxylic acids is 1.